The van der Waals surface area contributed by atoms with Gasteiger partial charge in [-0.05, 0) is 18.4 Å². The lowest BCUT2D eigenvalue weighted by molar-refractivity contribution is 0.239. The number of H-pyrrole nitrogens is 1. The minimum absolute atomic E-state index is 0.0161. The highest BCUT2D eigenvalue weighted by atomic mass is 32.1. The van der Waals surface area contributed by atoms with Crippen molar-refractivity contribution in [3.05, 3.63) is 55.2 Å². The van der Waals surface area contributed by atoms with Gasteiger partial charge in [0.25, 0.3) is 5.56 Å². The highest BCUT2D eigenvalue weighted by Crippen LogP contribution is 2.23. The summed E-state index contributed by atoms with van der Waals surface area (Å²) < 4.78 is 0. The maximum atomic E-state index is 12.5. The van der Waals surface area contributed by atoms with Gasteiger partial charge in [-0.1, -0.05) is 6.07 Å². The van der Waals surface area contributed by atoms with Crippen molar-refractivity contribution in [2.24, 2.45) is 0 Å². The molecule has 5 nitrogen and oxygen atoms in total. The van der Waals surface area contributed by atoms with Crippen LogP contribution in [0.1, 0.15) is 22.0 Å². The maximum Gasteiger partial charge on any atom is 0.255 e. The Morgan fingerprint density at radius 2 is 2.26 bits per heavy atom. The van der Waals surface area contributed by atoms with Crippen LogP contribution >= 0.6 is 22.7 Å². The van der Waals surface area contributed by atoms with Crippen molar-refractivity contribution in [1.82, 2.24) is 19.9 Å². The largest absolute Gasteiger partial charge is 0.306 e. The number of nitrogens with one attached hydrogen (secondary N) is 1. The predicted octanol–water partition coefficient (Wildman–Crippen LogP) is 2.82. The zero-order valence-electron chi connectivity index (χ0n) is 12.7. The lowest BCUT2D eigenvalue weighted by atomic mass is 10.1. The number of nitrogens with zero attached hydrogens (tertiary/aromatic N) is 3. The van der Waals surface area contributed by atoms with Crippen LogP contribution in [-0.2, 0) is 19.5 Å². The molecule has 0 amide bonds. The molecular weight excluding hydrogens is 328 g/mol. The number of aromatic nitrogens is 3. The van der Waals surface area contributed by atoms with E-state index in [0.717, 1.165) is 46.3 Å². The van der Waals surface area contributed by atoms with Crippen LogP contribution in [0.5, 0.6) is 0 Å². The van der Waals surface area contributed by atoms with Gasteiger partial charge < -0.3 is 4.98 Å². The average Bonchev–Trinajstić information content (AvgIpc) is 3.20. The highest BCUT2D eigenvalue weighted by molar-refractivity contribution is 7.13. The number of aromatic amines is 1. The summed E-state index contributed by atoms with van der Waals surface area (Å²) in [6.07, 6.45) is 0.806. The number of hydrogen-bond donors (Lipinski definition) is 1. The number of hydrogen-bond acceptors (Lipinski definition) is 6. The second-order valence-corrected chi connectivity index (χ2v) is 7.65. The minimum atomic E-state index is -0.0161. The zero-order chi connectivity index (χ0) is 15.8. The molecule has 4 rings (SSSR count). The Labute approximate surface area is 141 Å². The molecule has 0 bridgehead atoms. The predicted molar refractivity (Wildman–Crippen MR) is 92.8 cm³/mol. The molecule has 0 fully saturated rings. The van der Waals surface area contributed by atoms with E-state index in [1.54, 1.807) is 22.7 Å². The second-order valence-electron chi connectivity index (χ2n) is 5.64. The lowest BCUT2D eigenvalue weighted by Crippen LogP contribution is -2.35. The van der Waals surface area contributed by atoms with E-state index in [0.29, 0.717) is 12.4 Å². The van der Waals surface area contributed by atoms with Crippen LogP contribution in [0.25, 0.3) is 10.7 Å². The van der Waals surface area contributed by atoms with E-state index in [-0.39, 0.29) is 5.56 Å². The van der Waals surface area contributed by atoms with Gasteiger partial charge in [-0.25, -0.2) is 9.97 Å². The van der Waals surface area contributed by atoms with Gasteiger partial charge in [0, 0.05) is 31.4 Å². The topological polar surface area (TPSA) is 61.9 Å². The number of aryl methyl sites for hydroxylation is 1. The smallest absolute Gasteiger partial charge is 0.255 e. The molecule has 0 aromatic carbocycles. The van der Waals surface area contributed by atoms with Crippen LogP contribution < -0.4 is 5.56 Å². The van der Waals surface area contributed by atoms with E-state index in [1.165, 1.54) is 0 Å². The number of thiophene rings is 1. The molecule has 0 saturated carbocycles. The van der Waals surface area contributed by atoms with Crippen LogP contribution in [0.15, 0.2) is 27.7 Å². The Bertz CT molecular complexity index is 882. The molecule has 1 aliphatic heterocycles. The fraction of sp³-hybridized carbons (Fsp3) is 0.312. The van der Waals surface area contributed by atoms with Gasteiger partial charge >= 0.3 is 0 Å². The minimum Gasteiger partial charge on any atom is -0.306 e. The van der Waals surface area contributed by atoms with E-state index < -0.39 is 0 Å². The van der Waals surface area contributed by atoms with Gasteiger partial charge in [-0.3, -0.25) is 9.69 Å². The van der Waals surface area contributed by atoms with Crippen LogP contribution in [0.3, 0.4) is 0 Å². The van der Waals surface area contributed by atoms with E-state index in [1.807, 2.05) is 24.4 Å². The molecule has 118 valence electrons. The molecule has 3 aromatic rings. The third-order valence-corrected chi connectivity index (χ3v) is 5.65. The van der Waals surface area contributed by atoms with Crippen LogP contribution in [0.2, 0.25) is 0 Å². The molecule has 1 aliphatic rings. The van der Waals surface area contributed by atoms with E-state index >= 15 is 0 Å². The molecule has 0 unspecified atom stereocenters. The Hall–Kier alpha value is -1.83. The Morgan fingerprint density at radius 1 is 1.35 bits per heavy atom. The van der Waals surface area contributed by atoms with Crippen molar-refractivity contribution >= 4 is 22.7 Å². The summed E-state index contributed by atoms with van der Waals surface area (Å²) in [5, 5.41) is 5.16. The van der Waals surface area contributed by atoms with Gasteiger partial charge in [0.2, 0.25) is 0 Å². The van der Waals surface area contributed by atoms with Gasteiger partial charge in [-0.2, -0.15) is 0 Å². The van der Waals surface area contributed by atoms with Crippen molar-refractivity contribution in [3.63, 3.8) is 0 Å². The van der Waals surface area contributed by atoms with E-state index in [2.05, 4.69) is 25.2 Å². The van der Waals surface area contributed by atoms with E-state index in [9.17, 15) is 4.79 Å². The van der Waals surface area contributed by atoms with Crippen molar-refractivity contribution in [3.8, 4) is 10.7 Å². The second kappa shape index (κ2) is 5.99. The highest BCUT2D eigenvalue weighted by Gasteiger charge is 2.22. The number of thiazole rings is 1. The molecule has 1 N–H and O–H groups in total. The van der Waals surface area contributed by atoms with Crippen molar-refractivity contribution in [2.45, 2.75) is 26.4 Å². The van der Waals surface area contributed by atoms with Crippen molar-refractivity contribution in [1.29, 1.82) is 0 Å². The molecule has 0 saturated heterocycles. The average molecular weight is 344 g/mol. The summed E-state index contributed by atoms with van der Waals surface area (Å²) in [5.74, 6) is 0.687. The number of rotatable bonds is 3. The third kappa shape index (κ3) is 2.99. The molecule has 7 heteroatoms. The van der Waals surface area contributed by atoms with Gasteiger partial charge in [-0.15, -0.1) is 22.7 Å². The van der Waals surface area contributed by atoms with Crippen molar-refractivity contribution < 1.29 is 0 Å². The summed E-state index contributed by atoms with van der Waals surface area (Å²) in [4.78, 5) is 27.8. The summed E-state index contributed by atoms with van der Waals surface area (Å²) in [6.45, 7) is 4.35. The summed E-state index contributed by atoms with van der Waals surface area (Å²) in [5.41, 5.74) is 2.79. The van der Waals surface area contributed by atoms with Crippen LogP contribution in [0.4, 0.5) is 0 Å². The van der Waals surface area contributed by atoms with Crippen LogP contribution in [0, 0.1) is 6.92 Å². The normalized spacial score (nSPS) is 14.8. The van der Waals surface area contributed by atoms with E-state index in [4.69, 9.17) is 0 Å². The Balaban J connectivity index is 1.59. The Kier molecular flexibility index (Phi) is 3.84. The summed E-state index contributed by atoms with van der Waals surface area (Å²) in [7, 11) is 0. The summed E-state index contributed by atoms with van der Waals surface area (Å²) >= 11 is 3.26. The first-order chi connectivity index (χ1) is 11.2. The van der Waals surface area contributed by atoms with Crippen LogP contribution in [-0.4, -0.2) is 26.4 Å². The lowest BCUT2D eigenvalue weighted by Gasteiger charge is -2.26. The fourth-order valence-corrected chi connectivity index (χ4v) is 4.13. The standard InChI is InChI=1S/C16H16N4OS2/c1-10-17-11(9-23-10)7-20-5-4-13-12(8-20)16(21)19-15(18-13)14-3-2-6-22-14/h2-3,6,9H,4-5,7-8H2,1H3,(H,18,19,21). The molecule has 0 atom stereocenters. The molecule has 23 heavy (non-hydrogen) atoms. The monoisotopic (exact) mass is 344 g/mol. The molecule has 0 aliphatic carbocycles. The maximum absolute atomic E-state index is 12.5. The quantitative estimate of drug-likeness (QED) is 0.794. The molecule has 3 aromatic heterocycles. The molecule has 0 radical (unpaired) electrons. The molecule has 4 heterocycles. The number of fused-ring (bicyclic) bond motifs is 1. The molecular formula is C16H16N4OS2. The first kappa shape index (κ1) is 14.7. The Morgan fingerprint density at radius 3 is 3.00 bits per heavy atom. The van der Waals surface area contributed by atoms with Gasteiger partial charge in [0.1, 0.15) is 0 Å². The first-order valence-corrected chi connectivity index (χ1v) is 9.24. The van der Waals surface area contributed by atoms with Gasteiger partial charge in [0.15, 0.2) is 5.82 Å². The SMILES string of the molecule is Cc1nc(CN2CCc3nc(-c4cccs4)[nH]c(=O)c3C2)cs1. The van der Waals surface area contributed by atoms with Crippen molar-refractivity contribution in [2.75, 3.05) is 6.54 Å². The zero-order valence-corrected chi connectivity index (χ0v) is 14.3. The fourth-order valence-electron chi connectivity index (χ4n) is 2.86. The molecule has 0 spiro atoms. The third-order valence-electron chi connectivity index (χ3n) is 3.95. The first-order valence-electron chi connectivity index (χ1n) is 7.48. The summed E-state index contributed by atoms with van der Waals surface area (Å²) in [6, 6.07) is 3.95. The van der Waals surface area contributed by atoms with Gasteiger partial charge in [0.05, 0.1) is 26.8 Å².